The van der Waals surface area contributed by atoms with Gasteiger partial charge in [-0.25, -0.2) is 4.39 Å². The summed E-state index contributed by atoms with van der Waals surface area (Å²) in [6, 6.07) is 4.20. The molecule has 0 saturated heterocycles. The Morgan fingerprint density at radius 2 is 2.15 bits per heavy atom. The molecule has 3 aromatic heterocycles. The van der Waals surface area contributed by atoms with Crippen molar-refractivity contribution in [3.8, 4) is 17.3 Å². The van der Waals surface area contributed by atoms with E-state index in [4.69, 9.17) is 13.8 Å². The standard InChI is InChI=1S/C17H17FN4O4/c1-3-6-19-17(23)14-7-15(21-26-14)24-9-12-10(2)25-22-16(12)13-5-4-11(18)8-20-13/h4-5,7-8H,3,6,9H2,1-2H3,(H,19,23). The van der Waals surface area contributed by atoms with Crippen LogP contribution < -0.4 is 10.1 Å². The summed E-state index contributed by atoms with van der Waals surface area (Å²) in [6.07, 6.45) is 1.92. The second kappa shape index (κ2) is 7.77. The molecule has 26 heavy (non-hydrogen) atoms. The summed E-state index contributed by atoms with van der Waals surface area (Å²) in [4.78, 5) is 15.8. The summed E-state index contributed by atoms with van der Waals surface area (Å²) in [5.74, 6) is -0.0356. The average Bonchev–Trinajstić information content (AvgIpc) is 3.25. The summed E-state index contributed by atoms with van der Waals surface area (Å²) < 4.78 is 28.8. The van der Waals surface area contributed by atoms with Crippen LogP contribution in [0.3, 0.4) is 0 Å². The van der Waals surface area contributed by atoms with Crippen molar-refractivity contribution in [3.63, 3.8) is 0 Å². The second-order valence-corrected chi connectivity index (χ2v) is 5.50. The number of aryl methyl sites for hydroxylation is 1. The first-order chi connectivity index (χ1) is 12.6. The van der Waals surface area contributed by atoms with Crippen LogP contribution in [0.2, 0.25) is 0 Å². The highest BCUT2D eigenvalue weighted by molar-refractivity contribution is 5.91. The zero-order chi connectivity index (χ0) is 18.5. The molecule has 136 valence electrons. The molecule has 0 aliphatic rings. The summed E-state index contributed by atoms with van der Waals surface area (Å²) in [7, 11) is 0. The largest absolute Gasteiger partial charge is 0.470 e. The molecule has 0 bridgehead atoms. The normalized spacial score (nSPS) is 10.7. The molecule has 9 heteroatoms. The summed E-state index contributed by atoms with van der Waals surface area (Å²) in [5.41, 5.74) is 1.55. The molecular weight excluding hydrogens is 343 g/mol. The maximum Gasteiger partial charge on any atom is 0.290 e. The van der Waals surface area contributed by atoms with Gasteiger partial charge >= 0.3 is 0 Å². The molecule has 1 amide bonds. The lowest BCUT2D eigenvalue weighted by atomic mass is 10.1. The number of amides is 1. The highest BCUT2D eigenvalue weighted by atomic mass is 19.1. The number of rotatable bonds is 7. The van der Waals surface area contributed by atoms with Crippen LogP contribution in [0.1, 0.15) is 35.2 Å². The van der Waals surface area contributed by atoms with E-state index in [0.29, 0.717) is 29.3 Å². The van der Waals surface area contributed by atoms with Crippen molar-refractivity contribution >= 4 is 5.91 Å². The van der Waals surface area contributed by atoms with Crippen molar-refractivity contribution in [1.29, 1.82) is 0 Å². The molecule has 0 saturated carbocycles. The van der Waals surface area contributed by atoms with Crippen molar-refractivity contribution in [2.45, 2.75) is 26.9 Å². The third-order valence-electron chi connectivity index (χ3n) is 3.57. The van der Waals surface area contributed by atoms with Gasteiger partial charge in [-0.1, -0.05) is 12.1 Å². The number of pyridine rings is 1. The highest BCUT2D eigenvalue weighted by Crippen LogP contribution is 2.25. The van der Waals surface area contributed by atoms with Crippen LogP contribution in [-0.2, 0) is 6.61 Å². The predicted octanol–water partition coefficient (Wildman–Crippen LogP) is 2.89. The molecule has 3 aromatic rings. The first-order valence-electron chi connectivity index (χ1n) is 8.03. The fourth-order valence-electron chi connectivity index (χ4n) is 2.18. The van der Waals surface area contributed by atoms with Gasteiger partial charge in [0.05, 0.1) is 23.5 Å². The highest BCUT2D eigenvalue weighted by Gasteiger charge is 2.18. The number of halogens is 1. The second-order valence-electron chi connectivity index (χ2n) is 5.50. The van der Waals surface area contributed by atoms with E-state index in [1.807, 2.05) is 6.92 Å². The van der Waals surface area contributed by atoms with E-state index in [-0.39, 0.29) is 24.2 Å². The number of nitrogens with one attached hydrogen (secondary N) is 1. The molecule has 8 nitrogen and oxygen atoms in total. The minimum atomic E-state index is -0.441. The lowest BCUT2D eigenvalue weighted by molar-refractivity contribution is 0.0916. The summed E-state index contributed by atoms with van der Waals surface area (Å²) in [6.45, 7) is 4.30. The van der Waals surface area contributed by atoms with E-state index in [9.17, 15) is 9.18 Å². The zero-order valence-corrected chi connectivity index (χ0v) is 14.3. The first kappa shape index (κ1) is 17.6. The van der Waals surface area contributed by atoms with Gasteiger partial charge < -0.3 is 19.1 Å². The predicted molar refractivity (Wildman–Crippen MR) is 87.9 cm³/mol. The smallest absolute Gasteiger partial charge is 0.290 e. The Balaban J connectivity index is 1.71. The van der Waals surface area contributed by atoms with Crippen LogP contribution in [0, 0.1) is 12.7 Å². The van der Waals surface area contributed by atoms with E-state index < -0.39 is 5.82 Å². The molecule has 3 rings (SSSR count). The fourth-order valence-corrected chi connectivity index (χ4v) is 2.18. The minimum absolute atomic E-state index is 0.0657. The summed E-state index contributed by atoms with van der Waals surface area (Å²) in [5, 5.41) is 10.3. The van der Waals surface area contributed by atoms with Crippen LogP contribution >= 0.6 is 0 Å². The van der Waals surface area contributed by atoms with Crippen molar-refractivity contribution in [1.82, 2.24) is 20.6 Å². The molecule has 1 N–H and O–H groups in total. The van der Waals surface area contributed by atoms with Gasteiger partial charge in [0.25, 0.3) is 11.8 Å². The Morgan fingerprint density at radius 3 is 2.88 bits per heavy atom. The molecule has 0 radical (unpaired) electrons. The Morgan fingerprint density at radius 1 is 1.31 bits per heavy atom. The van der Waals surface area contributed by atoms with Crippen molar-refractivity contribution in [3.05, 3.63) is 47.3 Å². The van der Waals surface area contributed by atoms with Gasteiger partial charge in [-0.2, -0.15) is 0 Å². The molecule has 0 fully saturated rings. The third kappa shape index (κ3) is 3.88. The number of nitrogens with zero attached hydrogens (tertiary/aromatic N) is 3. The van der Waals surface area contributed by atoms with Gasteiger partial charge in [-0.15, -0.1) is 0 Å². The lowest BCUT2D eigenvalue weighted by Crippen LogP contribution is -2.23. The number of carbonyl (C=O) groups excluding carboxylic acids is 1. The molecule has 0 aliphatic heterocycles. The Bertz CT molecular complexity index is 889. The molecule has 0 spiro atoms. The third-order valence-corrected chi connectivity index (χ3v) is 3.57. The monoisotopic (exact) mass is 360 g/mol. The topological polar surface area (TPSA) is 103 Å². The van der Waals surface area contributed by atoms with E-state index >= 15 is 0 Å². The Labute approximate surface area is 148 Å². The van der Waals surface area contributed by atoms with Gasteiger partial charge in [-0.3, -0.25) is 9.78 Å². The van der Waals surface area contributed by atoms with E-state index in [2.05, 4.69) is 20.6 Å². The number of aromatic nitrogens is 3. The zero-order valence-electron chi connectivity index (χ0n) is 14.3. The lowest BCUT2D eigenvalue weighted by Gasteiger charge is -2.03. The van der Waals surface area contributed by atoms with Gasteiger partial charge in [0.2, 0.25) is 5.76 Å². The van der Waals surface area contributed by atoms with E-state index in [1.54, 1.807) is 6.92 Å². The van der Waals surface area contributed by atoms with Crippen molar-refractivity contribution < 1.29 is 23.0 Å². The Kier molecular flexibility index (Phi) is 5.26. The van der Waals surface area contributed by atoms with Crippen LogP contribution in [0.15, 0.2) is 33.4 Å². The van der Waals surface area contributed by atoms with E-state index in [0.717, 1.165) is 12.6 Å². The van der Waals surface area contributed by atoms with Crippen LogP contribution in [0.4, 0.5) is 4.39 Å². The van der Waals surface area contributed by atoms with Crippen LogP contribution in [0.25, 0.3) is 11.4 Å². The maximum absolute atomic E-state index is 13.0. The van der Waals surface area contributed by atoms with Gasteiger partial charge in [0.1, 0.15) is 23.9 Å². The van der Waals surface area contributed by atoms with Gasteiger partial charge in [-0.05, 0) is 30.6 Å². The maximum atomic E-state index is 13.0. The molecule has 0 unspecified atom stereocenters. The molecule has 0 atom stereocenters. The summed E-state index contributed by atoms with van der Waals surface area (Å²) >= 11 is 0. The minimum Gasteiger partial charge on any atom is -0.470 e. The van der Waals surface area contributed by atoms with Crippen molar-refractivity contribution in [2.75, 3.05) is 6.54 Å². The van der Waals surface area contributed by atoms with Gasteiger partial charge in [0, 0.05) is 6.54 Å². The number of hydrogen-bond donors (Lipinski definition) is 1. The average molecular weight is 360 g/mol. The van der Waals surface area contributed by atoms with Crippen LogP contribution in [-0.4, -0.2) is 27.7 Å². The van der Waals surface area contributed by atoms with Gasteiger partial charge in [0.15, 0.2) is 0 Å². The van der Waals surface area contributed by atoms with E-state index in [1.165, 1.54) is 18.2 Å². The number of carbonyl (C=O) groups is 1. The van der Waals surface area contributed by atoms with Crippen LogP contribution in [0.5, 0.6) is 5.88 Å². The fraction of sp³-hybridized carbons (Fsp3) is 0.294. The molecule has 0 aliphatic carbocycles. The SMILES string of the molecule is CCCNC(=O)c1cc(OCc2c(-c3ccc(F)cn3)noc2C)no1. The molecule has 3 heterocycles. The number of hydrogen-bond acceptors (Lipinski definition) is 7. The molecular formula is C17H17FN4O4. The number of ether oxygens (including phenoxy) is 1. The Hall–Kier alpha value is -3.23. The quantitative estimate of drug-likeness (QED) is 0.691. The first-order valence-corrected chi connectivity index (χ1v) is 8.03. The molecule has 0 aromatic carbocycles. The van der Waals surface area contributed by atoms with Crippen molar-refractivity contribution in [2.24, 2.45) is 0 Å².